The minimum absolute atomic E-state index is 0.115. The second kappa shape index (κ2) is 8.16. The summed E-state index contributed by atoms with van der Waals surface area (Å²) in [4.78, 5) is 19.2. The maximum absolute atomic E-state index is 12.6. The molecule has 0 N–H and O–H groups in total. The first kappa shape index (κ1) is 17.5. The van der Waals surface area contributed by atoms with E-state index in [9.17, 15) is 4.79 Å². The van der Waals surface area contributed by atoms with Gasteiger partial charge in [-0.05, 0) is 24.8 Å². The summed E-state index contributed by atoms with van der Waals surface area (Å²) in [6.07, 6.45) is 3.25. The summed E-state index contributed by atoms with van der Waals surface area (Å²) < 4.78 is 5.52. The Balaban J connectivity index is 1.38. The van der Waals surface area contributed by atoms with Gasteiger partial charge in [-0.1, -0.05) is 65.8 Å². The molecule has 1 atom stereocenters. The van der Waals surface area contributed by atoms with E-state index in [1.807, 2.05) is 53.4 Å². The predicted octanol–water partition coefficient (Wildman–Crippen LogP) is 4.08. The van der Waals surface area contributed by atoms with Crippen molar-refractivity contribution in [2.45, 2.75) is 31.6 Å². The van der Waals surface area contributed by atoms with Crippen LogP contribution in [0.4, 0.5) is 0 Å². The van der Waals surface area contributed by atoms with Crippen LogP contribution in [0.1, 0.15) is 36.6 Å². The zero-order valence-corrected chi connectivity index (χ0v) is 15.3. The molecule has 27 heavy (non-hydrogen) atoms. The van der Waals surface area contributed by atoms with Crippen LogP contribution in [-0.4, -0.2) is 34.0 Å². The minimum atomic E-state index is 0.115. The van der Waals surface area contributed by atoms with Crippen LogP contribution in [0.3, 0.4) is 0 Å². The number of amides is 1. The Kier molecular flexibility index (Phi) is 5.28. The van der Waals surface area contributed by atoms with Crippen molar-refractivity contribution >= 4 is 5.91 Å². The molecule has 1 aliphatic rings. The molecule has 3 aromatic rings. The number of hydrogen-bond acceptors (Lipinski definition) is 4. The van der Waals surface area contributed by atoms with Gasteiger partial charge in [-0.3, -0.25) is 4.79 Å². The number of carbonyl (C=O) groups excluding carboxylic acids is 1. The number of aryl methyl sites for hydroxylation is 1. The third kappa shape index (κ3) is 4.25. The lowest BCUT2D eigenvalue weighted by molar-refractivity contribution is -0.132. The first-order chi connectivity index (χ1) is 13.3. The van der Waals surface area contributed by atoms with Crippen molar-refractivity contribution in [1.82, 2.24) is 15.0 Å². The first-order valence-electron chi connectivity index (χ1n) is 9.50. The molecule has 0 spiro atoms. The van der Waals surface area contributed by atoms with Gasteiger partial charge >= 0.3 is 0 Å². The van der Waals surface area contributed by atoms with Crippen molar-refractivity contribution in [2.75, 3.05) is 13.1 Å². The Morgan fingerprint density at radius 3 is 2.59 bits per heavy atom. The van der Waals surface area contributed by atoms with Gasteiger partial charge in [0.2, 0.25) is 17.6 Å². The highest BCUT2D eigenvalue weighted by molar-refractivity contribution is 5.76. The number of hydrogen-bond donors (Lipinski definition) is 0. The SMILES string of the molecule is O=C(CCc1ccccc1)N1CCCC(c2nc(-c3ccccc3)no2)C1. The van der Waals surface area contributed by atoms with Crippen molar-refractivity contribution in [3.05, 3.63) is 72.1 Å². The quantitative estimate of drug-likeness (QED) is 0.687. The number of rotatable bonds is 5. The molecule has 1 aliphatic heterocycles. The monoisotopic (exact) mass is 361 g/mol. The maximum atomic E-state index is 12.6. The molecule has 1 unspecified atom stereocenters. The summed E-state index contributed by atoms with van der Waals surface area (Å²) in [5.41, 5.74) is 2.14. The lowest BCUT2D eigenvalue weighted by atomic mass is 9.97. The van der Waals surface area contributed by atoms with Crippen LogP contribution in [0.25, 0.3) is 11.4 Å². The average Bonchev–Trinajstić information content (AvgIpc) is 3.24. The highest BCUT2D eigenvalue weighted by Gasteiger charge is 2.28. The summed E-state index contributed by atoms with van der Waals surface area (Å²) >= 11 is 0. The van der Waals surface area contributed by atoms with E-state index in [1.165, 1.54) is 5.56 Å². The van der Waals surface area contributed by atoms with Gasteiger partial charge in [-0.15, -0.1) is 0 Å². The predicted molar refractivity (Wildman–Crippen MR) is 103 cm³/mol. The number of aromatic nitrogens is 2. The zero-order chi connectivity index (χ0) is 18.5. The summed E-state index contributed by atoms with van der Waals surface area (Å²) in [5, 5.41) is 4.12. The van der Waals surface area contributed by atoms with Gasteiger partial charge in [0.1, 0.15) is 0 Å². The highest BCUT2D eigenvalue weighted by Crippen LogP contribution is 2.28. The maximum Gasteiger partial charge on any atom is 0.231 e. The molecule has 0 aliphatic carbocycles. The summed E-state index contributed by atoms with van der Waals surface area (Å²) in [6.45, 7) is 1.47. The third-order valence-corrected chi connectivity index (χ3v) is 5.07. The summed E-state index contributed by atoms with van der Waals surface area (Å²) in [7, 11) is 0. The second-order valence-corrected chi connectivity index (χ2v) is 6.99. The van der Waals surface area contributed by atoms with E-state index < -0.39 is 0 Å². The minimum Gasteiger partial charge on any atom is -0.342 e. The molecule has 1 saturated heterocycles. The topological polar surface area (TPSA) is 59.2 Å². The van der Waals surface area contributed by atoms with E-state index in [0.29, 0.717) is 24.7 Å². The normalized spacial score (nSPS) is 17.0. The number of piperidine rings is 1. The van der Waals surface area contributed by atoms with Gasteiger partial charge in [0.25, 0.3) is 0 Å². The molecule has 0 bridgehead atoms. The molecule has 1 fully saturated rings. The number of likely N-dealkylation sites (tertiary alicyclic amines) is 1. The Hall–Kier alpha value is -2.95. The van der Waals surface area contributed by atoms with Gasteiger partial charge in [0.05, 0.1) is 5.92 Å². The Morgan fingerprint density at radius 1 is 1.07 bits per heavy atom. The fourth-order valence-corrected chi connectivity index (χ4v) is 3.56. The van der Waals surface area contributed by atoms with Gasteiger partial charge in [0, 0.05) is 25.1 Å². The van der Waals surface area contributed by atoms with Gasteiger partial charge < -0.3 is 9.42 Å². The number of carbonyl (C=O) groups is 1. The zero-order valence-electron chi connectivity index (χ0n) is 15.3. The lowest BCUT2D eigenvalue weighted by Crippen LogP contribution is -2.39. The molecular weight excluding hydrogens is 338 g/mol. The summed E-state index contributed by atoms with van der Waals surface area (Å²) in [5.74, 6) is 1.56. The lowest BCUT2D eigenvalue weighted by Gasteiger charge is -2.31. The molecule has 5 heteroatoms. The van der Waals surface area contributed by atoms with Crippen LogP contribution in [0.2, 0.25) is 0 Å². The van der Waals surface area contributed by atoms with Crippen LogP contribution in [0.5, 0.6) is 0 Å². The molecule has 0 radical (unpaired) electrons. The Labute approximate surface area is 159 Å². The van der Waals surface area contributed by atoms with Gasteiger partial charge in [0.15, 0.2) is 0 Å². The van der Waals surface area contributed by atoms with Crippen molar-refractivity contribution in [3.63, 3.8) is 0 Å². The molecule has 2 aromatic carbocycles. The first-order valence-corrected chi connectivity index (χ1v) is 9.50. The van der Waals surface area contributed by atoms with Crippen LogP contribution in [0.15, 0.2) is 65.2 Å². The standard InChI is InChI=1S/C22H23N3O2/c26-20(14-13-17-8-3-1-4-9-17)25-15-7-12-19(16-25)22-23-21(24-27-22)18-10-5-2-6-11-18/h1-6,8-11,19H,7,12-16H2. The van der Waals surface area contributed by atoms with Crippen LogP contribution < -0.4 is 0 Å². The molecule has 0 saturated carbocycles. The van der Waals surface area contributed by atoms with E-state index >= 15 is 0 Å². The molecule has 1 aromatic heterocycles. The van der Waals surface area contributed by atoms with Crippen molar-refractivity contribution < 1.29 is 9.32 Å². The van der Waals surface area contributed by atoms with Gasteiger partial charge in [-0.2, -0.15) is 4.98 Å². The van der Waals surface area contributed by atoms with Crippen LogP contribution >= 0.6 is 0 Å². The van der Waals surface area contributed by atoms with Crippen LogP contribution in [-0.2, 0) is 11.2 Å². The molecule has 5 nitrogen and oxygen atoms in total. The fourth-order valence-electron chi connectivity index (χ4n) is 3.56. The molecular formula is C22H23N3O2. The highest BCUT2D eigenvalue weighted by atomic mass is 16.5. The van der Waals surface area contributed by atoms with E-state index in [2.05, 4.69) is 22.3 Å². The molecule has 1 amide bonds. The van der Waals surface area contributed by atoms with E-state index in [-0.39, 0.29) is 11.8 Å². The van der Waals surface area contributed by atoms with Gasteiger partial charge in [-0.25, -0.2) is 0 Å². The van der Waals surface area contributed by atoms with E-state index in [1.54, 1.807) is 0 Å². The number of benzene rings is 2. The largest absolute Gasteiger partial charge is 0.342 e. The fraction of sp³-hybridized carbons (Fsp3) is 0.318. The average molecular weight is 361 g/mol. The van der Waals surface area contributed by atoms with Crippen molar-refractivity contribution in [1.29, 1.82) is 0 Å². The molecule has 2 heterocycles. The molecule has 138 valence electrons. The van der Waals surface area contributed by atoms with Crippen molar-refractivity contribution in [3.8, 4) is 11.4 Å². The molecule has 4 rings (SSSR count). The third-order valence-electron chi connectivity index (χ3n) is 5.07. The number of nitrogens with zero attached hydrogens (tertiary/aromatic N) is 3. The van der Waals surface area contributed by atoms with E-state index in [4.69, 9.17) is 4.52 Å². The van der Waals surface area contributed by atoms with Crippen LogP contribution in [0, 0.1) is 0 Å². The van der Waals surface area contributed by atoms with Crippen molar-refractivity contribution in [2.24, 2.45) is 0 Å². The van der Waals surface area contributed by atoms with E-state index in [0.717, 1.165) is 31.4 Å². The Morgan fingerprint density at radius 2 is 1.81 bits per heavy atom. The second-order valence-electron chi connectivity index (χ2n) is 6.99. The smallest absolute Gasteiger partial charge is 0.231 e. The Bertz CT molecular complexity index is 877. The summed E-state index contributed by atoms with van der Waals surface area (Å²) in [6, 6.07) is 20.0.